The second kappa shape index (κ2) is 8.22. The minimum Gasteiger partial charge on any atom is -0.481 e. The maximum Gasteiger partial charge on any atom is 0.251 e. The molecule has 0 fully saturated rings. The molecule has 0 radical (unpaired) electrons. The predicted molar refractivity (Wildman–Crippen MR) is 107 cm³/mol. The maximum atomic E-state index is 12.6. The van der Waals surface area contributed by atoms with Gasteiger partial charge in [-0.1, -0.05) is 37.6 Å². The fourth-order valence-electron chi connectivity index (χ4n) is 3.14. The van der Waals surface area contributed by atoms with Crippen LogP contribution in [-0.2, 0) is 0 Å². The Morgan fingerprint density at radius 3 is 2.70 bits per heavy atom. The number of nitrogens with zero attached hydrogens (tertiary/aromatic N) is 1. The van der Waals surface area contributed by atoms with Crippen molar-refractivity contribution in [1.29, 1.82) is 0 Å². The number of benzene rings is 2. The Balaban J connectivity index is 1.81. The van der Waals surface area contributed by atoms with Gasteiger partial charge in [-0.3, -0.25) is 4.79 Å². The van der Waals surface area contributed by atoms with Crippen molar-refractivity contribution in [3.05, 3.63) is 59.7 Å². The number of amides is 1. The summed E-state index contributed by atoms with van der Waals surface area (Å²) in [5.74, 6) is 1.01. The molecule has 0 saturated carbocycles. The van der Waals surface area contributed by atoms with Crippen molar-refractivity contribution in [3.8, 4) is 5.75 Å². The van der Waals surface area contributed by atoms with E-state index in [2.05, 4.69) is 17.2 Å². The van der Waals surface area contributed by atoms with Gasteiger partial charge >= 0.3 is 0 Å². The lowest BCUT2D eigenvalue weighted by Gasteiger charge is -2.27. The summed E-state index contributed by atoms with van der Waals surface area (Å²) in [6.45, 7) is 3.93. The number of nitrogens with two attached hydrogens (primary N) is 2. The minimum absolute atomic E-state index is 0.123. The summed E-state index contributed by atoms with van der Waals surface area (Å²) in [4.78, 5) is 17.0. The molecule has 2 aromatic carbocycles. The van der Waals surface area contributed by atoms with E-state index in [1.165, 1.54) is 0 Å². The fourth-order valence-corrected chi connectivity index (χ4v) is 3.14. The molecule has 2 aromatic rings. The summed E-state index contributed by atoms with van der Waals surface area (Å²) >= 11 is 0. The number of carbonyl (C=O) groups is 1. The van der Waals surface area contributed by atoms with E-state index in [1.54, 1.807) is 12.1 Å². The van der Waals surface area contributed by atoms with Crippen LogP contribution < -0.4 is 21.5 Å². The van der Waals surface area contributed by atoms with E-state index in [0.717, 1.165) is 18.4 Å². The summed E-state index contributed by atoms with van der Waals surface area (Å²) < 4.78 is 5.74. The molecule has 0 aromatic heterocycles. The Hall–Kier alpha value is -2.86. The average molecular weight is 366 g/mol. The zero-order chi connectivity index (χ0) is 19.4. The van der Waals surface area contributed by atoms with Gasteiger partial charge in [0.15, 0.2) is 6.10 Å². The molecule has 0 spiro atoms. The number of hydrogen-bond acceptors (Lipinski definition) is 5. The van der Waals surface area contributed by atoms with E-state index < -0.39 is 0 Å². The van der Waals surface area contributed by atoms with Crippen molar-refractivity contribution in [3.63, 3.8) is 0 Å². The van der Waals surface area contributed by atoms with Crippen LogP contribution in [0.4, 0.5) is 5.69 Å². The third kappa shape index (κ3) is 4.28. The molecule has 142 valence electrons. The van der Waals surface area contributed by atoms with Crippen LogP contribution in [0.5, 0.6) is 5.75 Å². The molecule has 3 atom stereocenters. The lowest BCUT2D eigenvalue weighted by molar-refractivity contribution is 0.0928. The summed E-state index contributed by atoms with van der Waals surface area (Å²) in [7, 11) is 0. The first-order chi connectivity index (χ1) is 13.0. The zero-order valence-corrected chi connectivity index (χ0v) is 15.7. The van der Waals surface area contributed by atoms with E-state index in [0.29, 0.717) is 22.8 Å². The number of nitrogens with one attached hydrogen (secondary N) is 1. The molecule has 6 heteroatoms. The third-order valence-corrected chi connectivity index (χ3v) is 4.72. The normalized spacial score (nSPS) is 17.9. The number of hydrogen-bond donors (Lipinski definition) is 3. The van der Waals surface area contributed by atoms with Crippen molar-refractivity contribution in [2.24, 2.45) is 16.5 Å². The smallest absolute Gasteiger partial charge is 0.251 e. The highest BCUT2D eigenvalue weighted by molar-refractivity contribution is 5.94. The number of carbonyl (C=O) groups excluding carboxylic acids is 1. The van der Waals surface area contributed by atoms with Crippen LogP contribution >= 0.6 is 0 Å². The molecule has 3 unspecified atom stereocenters. The lowest BCUT2D eigenvalue weighted by atomic mass is 9.95. The number of amidine groups is 1. The van der Waals surface area contributed by atoms with Crippen LogP contribution in [-0.4, -0.2) is 23.9 Å². The first-order valence-electron chi connectivity index (χ1n) is 9.25. The van der Waals surface area contributed by atoms with Crippen molar-refractivity contribution in [2.75, 3.05) is 0 Å². The van der Waals surface area contributed by atoms with Crippen LogP contribution in [0.25, 0.3) is 0 Å². The van der Waals surface area contributed by atoms with Gasteiger partial charge in [-0.15, -0.1) is 0 Å². The molecule has 0 aliphatic carbocycles. The molecule has 0 saturated heterocycles. The molecular weight excluding hydrogens is 340 g/mol. The van der Waals surface area contributed by atoms with Gasteiger partial charge in [-0.25, -0.2) is 4.99 Å². The summed E-state index contributed by atoms with van der Waals surface area (Å²) in [5, 5.41) is 3.07. The molecule has 6 nitrogen and oxygen atoms in total. The molecule has 1 aliphatic heterocycles. The number of fused-ring (bicyclic) bond motifs is 1. The molecule has 27 heavy (non-hydrogen) atoms. The van der Waals surface area contributed by atoms with E-state index in [-0.39, 0.29) is 24.1 Å². The van der Waals surface area contributed by atoms with Gasteiger partial charge in [0.05, 0.1) is 6.04 Å². The molecule has 3 rings (SSSR count). The molecular formula is C21H26N4O2. The highest BCUT2D eigenvalue weighted by atomic mass is 16.5. The third-order valence-electron chi connectivity index (χ3n) is 4.72. The Bertz CT molecular complexity index is 835. The van der Waals surface area contributed by atoms with Gasteiger partial charge in [0, 0.05) is 11.6 Å². The predicted octanol–water partition coefficient (Wildman–Crippen LogP) is 3.05. The quantitative estimate of drug-likeness (QED) is 0.731. The first-order valence-corrected chi connectivity index (χ1v) is 9.25. The Kier molecular flexibility index (Phi) is 5.76. The fraction of sp³-hybridized carbons (Fsp3) is 0.333. The van der Waals surface area contributed by atoms with Gasteiger partial charge in [-0.05, 0) is 43.2 Å². The molecule has 0 bridgehead atoms. The highest BCUT2D eigenvalue weighted by Crippen LogP contribution is 2.34. The Morgan fingerprint density at radius 1 is 1.26 bits per heavy atom. The summed E-state index contributed by atoms with van der Waals surface area (Å²) in [6.07, 6.45) is 1.44. The Morgan fingerprint density at radius 2 is 2.00 bits per heavy atom. The molecule has 5 N–H and O–H groups in total. The van der Waals surface area contributed by atoms with Crippen LogP contribution in [0.1, 0.15) is 48.7 Å². The SMILES string of the molecule is CCCC(NC(=O)c1ccccc1)C(N)c1ccc2c(c1)N=C(N)C(C)O2. The van der Waals surface area contributed by atoms with Gasteiger partial charge in [0.2, 0.25) is 0 Å². The average Bonchev–Trinajstić information content (AvgIpc) is 2.68. The second-order valence-electron chi connectivity index (χ2n) is 6.78. The number of aliphatic imine (C=N–C) groups is 1. The van der Waals surface area contributed by atoms with Crippen LogP contribution in [0, 0.1) is 0 Å². The second-order valence-corrected chi connectivity index (χ2v) is 6.78. The minimum atomic E-state index is -0.362. The van der Waals surface area contributed by atoms with Crippen molar-refractivity contribution in [1.82, 2.24) is 5.32 Å². The first kappa shape index (κ1) is 18.9. The van der Waals surface area contributed by atoms with Crippen LogP contribution in [0.3, 0.4) is 0 Å². The standard InChI is InChI=1S/C21H26N4O2/c1-3-7-16(25-21(26)14-8-5-4-6-9-14)19(22)15-10-11-18-17(12-15)24-20(23)13(2)27-18/h4-6,8-13,16,19H,3,7,22H2,1-2H3,(H2,23,24)(H,25,26). The Labute approximate surface area is 159 Å². The van der Waals surface area contributed by atoms with E-state index in [1.807, 2.05) is 43.3 Å². The van der Waals surface area contributed by atoms with Gasteiger partial charge in [0.25, 0.3) is 5.91 Å². The summed E-state index contributed by atoms with van der Waals surface area (Å²) in [6, 6.07) is 14.3. The lowest BCUT2D eigenvalue weighted by Crippen LogP contribution is -2.42. The van der Waals surface area contributed by atoms with Crippen molar-refractivity contribution < 1.29 is 9.53 Å². The van der Waals surface area contributed by atoms with Gasteiger partial charge < -0.3 is 21.5 Å². The van der Waals surface area contributed by atoms with Crippen molar-refractivity contribution in [2.45, 2.75) is 44.9 Å². The van der Waals surface area contributed by atoms with E-state index in [4.69, 9.17) is 16.2 Å². The molecule has 1 aliphatic rings. The van der Waals surface area contributed by atoms with E-state index >= 15 is 0 Å². The van der Waals surface area contributed by atoms with Gasteiger partial charge in [-0.2, -0.15) is 0 Å². The number of rotatable bonds is 6. The molecule has 1 amide bonds. The van der Waals surface area contributed by atoms with Gasteiger partial charge in [0.1, 0.15) is 17.3 Å². The van der Waals surface area contributed by atoms with Crippen molar-refractivity contribution >= 4 is 17.4 Å². The van der Waals surface area contributed by atoms with E-state index in [9.17, 15) is 4.79 Å². The zero-order valence-electron chi connectivity index (χ0n) is 15.7. The number of ether oxygens (including phenoxy) is 1. The summed E-state index contributed by atoms with van der Waals surface area (Å²) in [5.41, 5.74) is 14.6. The monoisotopic (exact) mass is 366 g/mol. The molecule has 1 heterocycles. The largest absolute Gasteiger partial charge is 0.481 e. The maximum absolute atomic E-state index is 12.6. The topological polar surface area (TPSA) is 103 Å². The highest BCUT2D eigenvalue weighted by Gasteiger charge is 2.24. The van der Waals surface area contributed by atoms with Crippen LogP contribution in [0.2, 0.25) is 0 Å². The van der Waals surface area contributed by atoms with Crippen LogP contribution in [0.15, 0.2) is 53.5 Å².